The molecule has 0 aliphatic heterocycles. The number of hydrogen-bond acceptors (Lipinski definition) is 6. The van der Waals surface area contributed by atoms with Crippen LogP contribution in [0.2, 0.25) is 0 Å². The van der Waals surface area contributed by atoms with Gasteiger partial charge in [-0.3, -0.25) is 9.36 Å². The van der Waals surface area contributed by atoms with Crippen LogP contribution in [-0.2, 0) is 16.0 Å². The number of carbonyl (C=O) groups is 2. The normalized spacial score (nSPS) is 12.0. The van der Waals surface area contributed by atoms with Crippen LogP contribution in [-0.4, -0.2) is 33.2 Å². The Balaban J connectivity index is 1.99. The highest BCUT2D eigenvalue weighted by atomic mass is 32.1. The molecule has 0 amide bonds. The van der Waals surface area contributed by atoms with Gasteiger partial charge in [0, 0.05) is 5.38 Å². The van der Waals surface area contributed by atoms with E-state index < -0.39 is 23.5 Å². The number of carboxylic acids is 1. The number of fused-ring (bicyclic) bond motifs is 1. The first-order valence-electron chi connectivity index (χ1n) is 8.45. The van der Waals surface area contributed by atoms with Gasteiger partial charge in [-0.05, 0) is 25.3 Å². The van der Waals surface area contributed by atoms with E-state index >= 15 is 0 Å². The van der Waals surface area contributed by atoms with Gasteiger partial charge >= 0.3 is 11.9 Å². The molecule has 2 aromatic heterocycles. The average Bonchev–Trinajstić information content (AvgIpc) is 3.09. The number of aliphatic carboxylic acids is 1. The van der Waals surface area contributed by atoms with Crippen molar-refractivity contribution in [2.45, 2.75) is 25.8 Å². The van der Waals surface area contributed by atoms with Gasteiger partial charge in [0.15, 0.2) is 0 Å². The van der Waals surface area contributed by atoms with Gasteiger partial charge in [-0.25, -0.2) is 14.6 Å². The molecule has 7 nitrogen and oxygen atoms in total. The summed E-state index contributed by atoms with van der Waals surface area (Å²) in [6.45, 7) is 1.85. The number of rotatable bonds is 7. The lowest BCUT2D eigenvalue weighted by Crippen LogP contribution is -2.31. The molecule has 3 aromatic rings. The van der Waals surface area contributed by atoms with E-state index in [9.17, 15) is 19.5 Å². The molecular formula is C19H18N2O5S. The minimum absolute atomic E-state index is 0.104. The van der Waals surface area contributed by atoms with Gasteiger partial charge in [0.05, 0.1) is 23.9 Å². The molecular weight excluding hydrogens is 368 g/mol. The smallest absolute Gasteiger partial charge is 0.339 e. The summed E-state index contributed by atoms with van der Waals surface area (Å²) in [5.41, 5.74) is 0.550. The van der Waals surface area contributed by atoms with Crippen molar-refractivity contribution < 1.29 is 19.4 Å². The molecule has 1 unspecified atom stereocenters. The third-order valence-corrected chi connectivity index (χ3v) is 5.07. The Morgan fingerprint density at radius 2 is 2.04 bits per heavy atom. The number of ether oxygens (including phenoxy) is 1. The number of thiophene rings is 1. The molecule has 0 spiro atoms. The van der Waals surface area contributed by atoms with E-state index in [2.05, 4.69) is 4.98 Å². The van der Waals surface area contributed by atoms with Crippen molar-refractivity contribution in [2.75, 3.05) is 6.61 Å². The van der Waals surface area contributed by atoms with Crippen molar-refractivity contribution >= 4 is 33.5 Å². The third kappa shape index (κ3) is 3.90. The van der Waals surface area contributed by atoms with E-state index in [0.29, 0.717) is 11.3 Å². The van der Waals surface area contributed by atoms with Crippen molar-refractivity contribution in [1.82, 2.24) is 9.55 Å². The lowest BCUT2D eigenvalue weighted by Gasteiger charge is -2.15. The van der Waals surface area contributed by atoms with E-state index in [1.54, 1.807) is 6.92 Å². The van der Waals surface area contributed by atoms with Crippen LogP contribution >= 0.6 is 11.3 Å². The zero-order valence-electron chi connectivity index (χ0n) is 14.6. The van der Waals surface area contributed by atoms with E-state index in [1.807, 2.05) is 30.3 Å². The first kappa shape index (κ1) is 18.8. The summed E-state index contributed by atoms with van der Waals surface area (Å²) < 4.78 is 6.06. The summed E-state index contributed by atoms with van der Waals surface area (Å²) >= 11 is 1.15. The topological polar surface area (TPSA) is 98.5 Å². The molecule has 0 bridgehead atoms. The molecule has 3 rings (SSSR count). The number of nitrogens with zero attached hydrogens (tertiary/aromatic N) is 2. The van der Waals surface area contributed by atoms with Gasteiger partial charge < -0.3 is 9.84 Å². The second-order valence-corrected chi connectivity index (χ2v) is 6.74. The summed E-state index contributed by atoms with van der Waals surface area (Å²) in [6.07, 6.45) is 1.96. The fourth-order valence-corrected chi connectivity index (χ4v) is 3.72. The average molecular weight is 386 g/mol. The highest BCUT2D eigenvalue weighted by Gasteiger charge is 2.25. The molecule has 0 saturated heterocycles. The van der Waals surface area contributed by atoms with Crippen LogP contribution < -0.4 is 5.56 Å². The molecule has 0 fully saturated rings. The number of carbonyl (C=O) groups excluding carboxylic acids is 1. The summed E-state index contributed by atoms with van der Waals surface area (Å²) in [6, 6.07) is 8.36. The van der Waals surface area contributed by atoms with Crippen LogP contribution in [0.25, 0.3) is 10.2 Å². The molecule has 1 atom stereocenters. The van der Waals surface area contributed by atoms with Crippen molar-refractivity contribution in [3.8, 4) is 0 Å². The second kappa shape index (κ2) is 8.13. The highest BCUT2D eigenvalue weighted by molar-refractivity contribution is 7.17. The second-order valence-electron chi connectivity index (χ2n) is 5.89. The predicted octanol–water partition coefficient (Wildman–Crippen LogP) is 2.89. The Labute approximate surface area is 158 Å². The highest BCUT2D eigenvalue weighted by Crippen LogP contribution is 2.23. The largest absolute Gasteiger partial charge is 0.480 e. The van der Waals surface area contributed by atoms with Crippen molar-refractivity contribution in [1.29, 1.82) is 0 Å². The molecule has 0 saturated carbocycles. The molecule has 0 radical (unpaired) electrons. The Kier molecular flexibility index (Phi) is 5.66. The zero-order valence-corrected chi connectivity index (χ0v) is 15.4. The summed E-state index contributed by atoms with van der Waals surface area (Å²) in [5.74, 6) is -1.74. The van der Waals surface area contributed by atoms with Gasteiger partial charge in [-0.15, -0.1) is 11.3 Å². The van der Waals surface area contributed by atoms with Crippen LogP contribution in [0.5, 0.6) is 0 Å². The van der Waals surface area contributed by atoms with Crippen molar-refractivity contribution in [3.05, 3.63) is 63.5 Å². The lowest BCUT2D eigenvalue weighted by atomic mass is 10.0. The van der Waals surface area contributed by atoms with Gasteiger partial charge in [0.1, 0.15) is 10.9 Å². The number of benzene rings is 1. The Morgan fingerprint density at radius 3 is 2.70 bits per heavy atom. The Hall–Kier alpha value is -3.00. The number of esters is 1. The van der Waals surface area contributed by atoms with Gasteiger partial charge in [0.25, 0.3) is 5.56 Å². The zero-order chi connectivity index (χ0) is 19.4. The summed E-state index contributed by atoms with van der Waals surface area (Å²) in [5, 5.41) is 11.3. The van der Waals surface area contributed by atoms with Crippen LogP contribution in [0.1, 0.15) is 35.3 Å². The fourth-order valence-electron chi connectivity index (χ4n) is 2.86. The number of carboxylic acid groups (broad SMARTS) is 1. The molecule has 1 N–H and O–H groups in total. The van der Waals surface area contributed by atoms with Crippen molar-refractivity contribution in [2.24, 2.45) is 0 Å². The van der Waals surface area contributed by atoms with Gasteiger partial charge in [0.2, 0.25) is 0 Å². The Bertz CT molecular complexity index is 1030. The van der Waals surface area contributed by atoms with Crippen LogP contribution in [0, 0.1) is 0 Å². The molecule has 2 heterocycles. The maximum atomic E-state index is 12.9. The lowest BCUT2D eigenvalue weighted by molar-refractivity contribution is -0.141. The quantitative estimate of drug-likeness (QED) is 0.627. The summed E-state index contributed by atoms with van der Waals surface area (Å²) in [4.78, 5) is 41.4. The van der Waals surface area contributed by atoms with E-state index in [0.717, 1.165) is 21.5 Å². The maximum absolute atomic E-state index is 12.9. The van der Waals surface area contributed by atoms with E-state index in [-0.39, 0.29) is 24.0 Å². The molecule has 0 aliphatic carbocycles. The first-order valence-corrected chi connectivity index (χ1v) is 9.33. The monoisotopic (exact) mass is 386 g/mol. The van der Waals surface area contributed by atoms with Crippen LogP contribution in [0.15, 0.2) is 46.8 Å². The first-order chi connectivity index (χ1) is 13.0. The molecule has 0 aliphatic rings. The molecule has 8 heteroatoms. The standard InChI is InChI=1S/C19H18N2O5S/c1-2-26-19(25)13-10-27-16-15(13)17(22)21(11-20-16)14(18(23)24)9-8-12-6-4-3-5-7-12/h3-7,10-11,14H,2,8-9H2,1H3,(H,23,24). The minimum Gasteiger partial charge on any atom is -0.480 e. The SMILES string of the molecule is CCOC(=O)c1csc2ncn(C(CCc3ccccc3)C(=O)O)c(=O)c12. The van der Waals surface area contributed by atoms with Crippen molar-refractivity contribution in [3.63, 3.8) is 0 Å². The van der Waals surface area contributed by atoms with Crippen LogP contribution in [0.4, 0.5) is 0 Å². The van der Waals surface area contributed by atoms with E-state index in [4.69, 9.17) is 4.74 Å². The number of hydrogen-bond donors (Lipinski definition) is 1. The van der Waals surface area contributed by atoms with Gasteiger partial charge in [-0.2, -0.15) is 0 Å². The maximum Gasteiger partial charge on any atom is 0.339 e. The molecule has 27 heavy (non-hydrogen) atoms. The Morgan fingerprint density at radius 1 is 1.30 bits per heavy atom. The molecule has 1 aromatic carbocycles. The van der Waals surface area contributed by atoms with E-state index in [1.165, 1.54) is 11.7 Å². The summed E-state index contributed by atoms with van der Waals surface area (Å²) in [7, 11) is 0. The number of aromatic nitrogens is 2. The molecule has 140 valence electrons. The third-order valence-electron chi connectivity index (χ3n) is 4.18. The van der Waals surface area contributed by atoms with Gasteiger partial charge in [-0.1, -0.05) is 30.3 Å². The van der Waals surface area contributed by atoms with Crippen LogP contribution in [0.3, 0.4) is 0 Å². The predicted molar refractivity (Wildman–Crippen MR) is 101 cm³/mol. The number of aryl methyl sites for hydroxylation is 1. The fraction of sp³-hybridized carbons (Fsp3) is 0.263. The minimum atomic E-state index is -1.12.